The molecule has 0 saturated carbocycles. The van der Waals surface area contributed by atoms with Crippen molar-refractivity contribution < 1.29 is 8.91 Å². The highest BCUT2D eigenvalue weighted by atomic mass is 35.5. The van der Waals surface area contributed by atoms with Crippen molar-refractivity contribution in [2.45, 2.75) is 6.92 Å². The Hall–Kier alpha value is -2.40. The molecule has 2 N–H and O–H groups in total. The maximum atomic E-state index is 13.4. The summed E-state index contributed by atoms with van der Waals surface area (Å²) in [6, 6.07) is 9.55. The van der Waals surface area contributed by atoms with Crippen LogP contribution < -0.4 is 5.73 Å². The van der Waals surface area contributed by atoms with E-state index in [4.69, 9.17) is 21.9 Å². The van der Waals surface area contributed by atoms with E-state index in [1.54, 1.807) is 31.2 Å². The highest BCUT2D eigenvalue weighted by Crippen LogP contribution is 2.27. The number of aromatic nitrogens is 2. The standard InChI is InChI=1S/C15H11ClFN3O/c1-8-2-9(5-12(17)3-8)14-19-15(21-20-14)10-4-11(16)7-13(18)6-10/h2-7H,18H2,1H3. The van der Waals surface area contributed by atoms with Gasteiger partial charge >= 0.3 is 0 Å². The number of halogens is 2. The largest absolute Gasteiger partial charge is 0.399 e. The third-order valence-corrected chi connectivity index (χ3v) is 3.11. The molecule has 0 atom stereocenters. The van der Waals surface area contributed by atoms with Gasteiger partial charge in [-0.2, -0.15) is 4.98 Å². The smallest absolute Gasteiger partial charge is 0.258 e. The van der Waals surface area contributed by atoms with E-state index in [1.807, 2.05) is 0 Å². The summed E-state index contributed by atoms with van der Waals surface area (Å²) in [6.07, 6.45) is 0. The van der Waals surface area contributed by atoms with Crippen molar-refractivity contribution in [2.24, 2.45) is 0 Å². The van der Waals surface area contributed by atoms with E-state index in [0.717, 1.165) is 5.56 Å². The number of nitrogen functional groups attached to an aromatic ring is 1. The van der Waals surface area contributed by atoms with Gasteiger partial charge < -0.3 is 10.3 Å². The lowest BCUT2D eigenvalue weighted by atomic mass is 10.1. The SMILES string of the molecule is Cc1cc(F)cc(-c2noc(-c3cc(N)cc(Cl)c3)n2)c1. The molecule has 6 heteroatoms. The molecule has 2 aromatic carbocycles. The molecular formula is C15H11ClFN3O. The highest BCUT2D eigenvalue weighted by Gasteiger charge is 2.12. The number of hydrogen-bond donors (Lipinski definition) is 1. The van der Waals surface area contributed by atoms with Crippen LogP contribution in [0.1, 0.15) is 5.56 Å². The van der Waals surface area contributed by atoms with E-state index in [0.29, 0.717) is 27.7 Å². The lowest BCUT2D eigenvalue weighted by Gasteiger charge is -1.99. The molecule has 3 rings (SSSR count). The fourth-order valence-electron chi connectivity index (χ4n) is 2.06. The molecule has 0 radical (unpaired) electrons. The Kier molecular flexibility index (Phi) is 3.35. The van der Waals surface area contributed by atoms with Crippen LogP contribution >= 0.6 is 11.6 Å². The number of rotatable bonds is 2. The van der Waals surface area contributed by atoms with Gasteiger partial charge in [-0.1, -0.05) is 16.8 Å². The fraction of sp³-hybridized carbons (Fsp3) is 0.0667. The summed E-state index contributed by atoms with van der Waals surface area (Å²) in [5, 5.41) is 4.35. The second-order valence-corrected chi connectivity index (χ2v) is 5.15. The van der Waals surface area contributed by atoms with E-state index in [1.165, 1.54) is 12.1 Å². The molecule has 0 unspecified atom stereocenters. The zero-order valence-corrected chi connectivity index (χ0v) is 11.9. The van der Waals surface area contributed by atoms with Gasteiger partial charge in [-0.3, -0.25) is 0 Å². The van der Waals surface area contributed by atoms with Gasteiger partial charge in [0.15, 0.2) is 0 Å². The minimum atomic E-state index is -0.344. The molecule has 0 aliphatic carbocycles. The molecule has 0 aliphatic rings. The minimum absolute atomic E-state index is 0.279. The van der Waals surface area contributed by atoms with Crippen LogP contribution in [0, 0.1) is 12.7 Å². The number of anilines is 1. The average molecular weight is 304 g/mol. The monoisotopic (exact) mass is 303 g/mol. The van der Waals surface area contributed by atoms with Crippen LogP contribution in [0.5, 0.6) is 0 Å². The molecule has 0 saturated heterocycles. The molecule has 0 aliphatic heterocycles. The van der Waals surface area contributed by atoms with Crippen molar-refractivity contribution in [3.63, 3.8) is 0 Å². The minimum Gasteiger partial charge on any atom is -0.399 e. The molecule has 0 spiro atoms. The van der Waals surface area contributed by atoms with Gasteiger partial charge in [-0.05, 0) is 48.9 Å². The number of aryl methyl sites for hydroxylation is 1. The van der Waals surface area contributed by atoms with E-state index in [2.05, 4.69) is 10.1 Å². The molecule has 4 nitrogen and oxygen atoms in total. The maximum Gasteiger partial charge on any atom is 0.258 e. The average Bonchev–Trinajstić information content (AvgIpc) is 2.85. The molecular weight excluding hydrogens is 293 g/mol. The molecule has 1 heterocycles. The van der Waals surface area contributed by atoms with Gasteiger partial charge in [0.25, 0.3) is 5.89 Å². The molecule has 0 fully saturated rings. The maximum absolute atomic E-state index is 13.4. The Labute approximate surface area is 125 Å². The Morgan fingerprint density at radius 3 is 2.62 bits per heavy atom. The second-order valence-electron chi connectivity index (χ2n) is 4.71. The summed E-state index contributed by atoms with van der Waals surface area (Å²) in [7, 11) is 0. The quantitative estimate of drug-likeness (QED) is 0.724. The van der Waals surface area contributed by atoms with Crippen molar-refractivity contribution in [3.05, 3.63) is 52.8 Å². The van der Waals surface area contributed by atoms with Crippen LogP contribution in [-0.4, -0.2) is 10.1 Å². The Morgan fingerprint density at radius 2 is 1.90 bits per heavy atom. The lowest BCUT2D eigenvalue weighted by molar-refractivity contribution is 0.432. The summed E-state index contributed by atoms with van der Waals surface area (Å²) in [6.45, 7) is 1.80. The van der Waals surface area contributed by atoms with Crippen LogP contribution in [0.2, 0.25) is 5.02 Å². The normalized spacial score (nSPS) is 10.8. The number of nitrogens with two attached hydrogens (primary N) is 1. The molecule has 0 amide bonds. The van der Waals surface area contributed by atoms with E-state index >= 15 is 0 Å². The van der Waals surface area contributed by atoms with Crippen molar-refractivity contribution >= 4 is 17.3 Å². The van der Waals surface area contributed by atoms with Crippen LogP contribution in [0.3, 0.4) is 0 Å². The third kappa shape index (κ3) is 2.87. The summed E-state index contributed by atoms with van der Waals surface area (Å²) in [4.78, 5) is 4.26. The molecule has 21 heavy (non-hydrogen) atoms. The van der Waals surface area contributed by atoms with Gasteiger partial charge in [0, 0.05) is 21.8 Å². The van der Waals surface area contributed by atoms with E-state index in [9.17, 15) is 4.39 Å². The highest BCUT2D eigenvalue weighted by molar-refractivity contribution is 6.31. The van der Waals surface area contributed by atoms with Gasteiger partial charge in [-0.15, -0.1) is 0 Å². The van der Waals surface area contributed by atoms with Crippen molar-refractivity contribution in [1.82, 2.24) is 10.1 Å². The fourth-order valence-corrected chi connectivity index (χ4v) is 2.30. The Bertz CT molecular complexity index is 710. The number of hydrogen-bond acceptors (Lipinski definition) is 4. The number of nitrogens with zero attached hydrogens (tertiary/aromatic N) is 2. The van der Waals surface area contributed by atoms with Crippen molar-refractivity contribution in [1.29, 1.82) is 0 Å². The first-order valence-corrected chi connectivity index (χ1v) is 6.57. The van der Waals surface area contributed by atoms with Crippen LogP contribution in [0.4, 0.5) is 10.1 Å². The van der Waals surface area contributed by atoms with Crippen LogP contribution in [0.25, 0.3) is 22.8 Å². The van der Waals surface area contributed by atoms with Gasteiger partial charge in [-0.25, -0.2) is 4.39 Å². The Morgan fingerprint density at radius 1 is 1.10 bits per heavy atom. The molecule has 1 aromatic heterocycles. The first kappa shape index (κ1) is 13.6. The van der Waals surface area contributed by atoms with Crippen molar-refractivity contribution in [2.75, 3.05) is 5.73 Å². The van der Waals surface area contributed by atoms with Crippen LogP contribution in [-0.2, 0) is 0 Å². The van der Waals surface area contributed by atoms with E-state index < -0.39 is 0 Å². The lowest BCUT2D eigenvalue weighted by Crippen LogP contribution is -1.87. The van der Waals surface area contributed by atoms with Gasteiger partial charge in [0.2, 0.25) is 5.82 Å². The molecule has 3 aromatic rings. The Balaban J connectivity index is 2.03. The third-order valence-electron chi connectivity index (χ3n) is 2.89. The second kappa shape index (κ2) is 5.18. The zero-order valence-electron chi connectivity index (χ0n) is 11.1. The zero-order chi connectivity index (χ0) is 15.0. The van der Waals surface area contributed by atoms with Crippen molar-refractivity contribution in [3.8, 4) is 22.8 Å². The van der Waals surface area contributed by atoms with Crippen LogP contribution in [0.15, 0.2) is 40.9 Å². The summed E-state index contributed by atoms with van der Waals surface area (Å²) < 4.78 is 18.6. The first-order valence-electron chi connectivity index (χ1n) is 6.19. The predicted molar refractivity (Wildman–Crippen MR) is 79.3 cm³/mol. The summed E-state index contributed by atoms with van der Waals surface area (Å²) in [5.41, 5.74) is 8.18. The number of benzene rings is 2. The summed E-state index contributed by atoms with van der Waals surface area (Å²) in [5.74, 6) is 0.246. The van der Waals surface area contributed by atoms with E-state index in [-0.39, 0.29) is 11.7 Å². The molecule has 106 valence electrons. The molecule has 0 bridgehead atoms. The summed E-state index contributed by atoms with van der Waals surface area (Å²) >= 11 is 5.95. The van der Waals surface area contributed by atoms with Gasteiger partial charge in [0.1, 0.15) is 5.82 Å². The van der Waals surface area contributed by atoms with Gasteiger partial charge in [0.05, 0.1) is 0 Å². The topological polar surface area (TPSA) is 64.9 Å². The predicted octanol–water partition coefficient (Wildman–Crippen LogP) is 4.09. The first-order chi connectivity index (χ1) is 10.0.